The summed E-state index contributed by atoms with van der Waals surface area (Å²) >= 11 is 1.72. The zero-order valence-electron chi connectivity index (χ0n) is 24.2. The lowest BCUT2D eigenvalue weighted by Crippen LogP contribution is -2.10. The maximum Gasteiger partial charge on any atom is 0.137 e. The number of nitrogens with zero attached hydrogens (tertiary/aromatic N) is 2. The van der Waals surface area contributed by atoms with E-state index in [2.05, 4.69) is 157 Å². The van der Waals surface area contributed by atoms with Crippen LogP contribution in [0.25, 0.3) is 64.6 Å². The molecule has 45 heavy (non-hydrogen) atoms. The molecular weight excluding hydrogens is 569 g/mol. The third kappa shape index (κ3) is 4.46. The van der Waals surface area contributed by atoms with E-state index in [0.717, 1.165) is 59.8 Å². The fourth-order valence-corrected chi connectivity index (χ4v) is 7.42. The smallest absolute Gasteiger partial charge is 0.137 e. The summed E-state index contributed by atoms with van der Waals surface area (Å²) in [6, 6.07) is 55.6. The molecule has 0 unspecified atom stereocenters. The maximum atomic E-state index is 6.42. The van der Waals surface area contributed by atoms with Crippen molar-refractivity contribution in [3.63, 3.8) is 0 Å². The third-order valence-corrected chi connectivity index (χ3v) is 9.59. The number of furan rings is 1. The molecule has 4 heteroatoms. The van der Waals surface area contributed by atoms with Crippen molar-refractivity contribution < 1.29 is 4.42 Å². The fourth-order valence-electron chi connectivity index (χ4n) is 6.30. The number of benzene rings is 7. The highest BCUT2D eigenvalue weighted by Crippen LogP contribution is 2.43. The van der Waals surface area contributed by atoms with E-state index in [0.29, 0.717) is 0 Å². The molecule has 7 aromatic carbocycles. The standard InChI is InChI=1S/C41H26N2OS/c1-3-10-27(11-4-1)31-16-9-17-32(24-31)43(33-19-18-28-12-7-8-15-30(28)25-33)34-20-22-37-35(26-34)39-38(44-37)23-21-36-40(39)45-41(42-36)29-13-5-2-6-14-29/h1-26H. The van der Waals surface area contributed by atoms with Crippen molar-refractivity contribution in [3.05, 3.63) is 158 Å². The maximum absolute atomic E-state index is 6.42. The molecule has 0 aliphatic rings. The molecule has 3 nitrogen and oxygen atoms in total. The van der Waals surface area contributed by atoms with Crippen LogP contribution in [0, 0.1) is 0 Å². The Hall–Kier alpha value is -5.71. The van der Waals surface area contributed by atoms with Gasteiger partial charge in [-0.2, -0.15) is 0 Å². The topological polar surface area (TPSA) is 29.3 Å². The van der Waals surface area contributed by atoms with E-state index in [9.17, 15) is 0 Å². The predicted molar refractivity (Wildman–Crippen MR) is 190 cm³/mol. The minimum Gasteiger partial charge on any atom is -0.456 e. The summed E-state index contributed by atoms with van der Waals surface area (Å²) < 4.78 is 7.56. The van der Waals surface area contributed by atoms with Gasteiger partial charge in [0.15, 0.2) is 0 Å². The van der Waals surface area contributed by atoms with Crippen LogP contribution in [0.4, 0.5) is 17.1 Å². The molecule has 0 amide bonds. The summed E-state index contributed by atoms with van der Waals surface area (Å²) in [5, 5.41) is 5.63. The zero-order chi connectivity index (χ0) is 29.7. The van der Waals surface area contributed by atoms with E-state index in [-0.39, 0.29) is 0 Å². The molecule has 0 radical (unpaired) electrons. The van der Waals surface area contributed by atoms with Gasteiger partial charge in [0, 0.05) is 33.4 Å². The number of anilines is 3. The van der Waals surface area contributed by atoms with Crippen LogP contribution in [0.15, 0.2) is 162 Å². The first-order chi connectivity index (χ1) is 22.3. The van der Waals surface area contributed by atoms with E-state index < -0.39 is 0 Å². The van der Waals surface area contributed by atoms with Gasteiger partial charge in [0.05, 0.1) is 10.2 Å². The van der Waals surface area contributed by atoms with E-state index in [1.807, 2.05) is 6.07 Å². The Labute approximate surface area is 264 Å². The number of thiazole rings is 1. The van der Waals surface area contributed by atoms with E-state index in [1.54, 1.807) is 11.3 Å². The van der Waals surface area contributed by atoms with Gasteiger partial charge < -0.3 is 9.32 Å². The average Bonchev–Trinajstić information content (AvgIpc) is 3.71. The van der Waals surface area contributed by atoms with Gasteiger partial charge in [-0.3, -0.25) is 0 Å². The summed E-state index contributed by atoms with van der Waals surface area (Å²) in [7, 11) is 0. The van der Waals surface area contributed by atoms with Crippen LogP contribution in [0.2, 0.25) is 0 Å². The summed E-state index contributed by atoms with van der Waals surface area (Å²) in [6.07, 6.45) is 0. The molecule has 0 spiro atoms. The van der Waals surface area contributed by atoms with Crippen molar-refractivity contribution >= 4 is 71.3 Å². The van der Waals surface area contributed by atoms with Gasteiger partial charge in [-0.05, 0) is 76.5 Å². The molecule has 2 heterocycles. The Kier molecular flexibility index (Phi) is 6.00. The molecule has 0 fully saturated rings. The SMILES string of the molecule is c1ccc(-c2cccc(N(c3ccc4ccccc4c3)c3ccc4oc5ccc6nc(-c7ccccc7)sc6c5c4c3)c2)cc1. The van der Waals surface area contributed by atoms with E-state index in [4.69, 9.17) is 9.40 Å². The van der Waals surface area contributed by atoms with Crippen LogP contribution >= 0.6 is 11.3 Å². The van der Waals surface area contributed by atoms with Crippen molar-refractivity contribution in [2.75, 3.05) is 4.90 Å². The van der Waals surface area contributed by atoms with Crippen molar-refractivity contribution in [1.82, 2.24) is 4.98 Å². The van der Waals surface area contributed by atoms with Gasteiger partial charge >= 0.3 is 0 Å². The summed E-state index contributed by atoms with van der Waals surface area (Å²) in [5.41, 5.74) is 9.48. The van der Waals surface area contributed by atoms with Crippen LogP contribution in [-0.4, -0.2) is 4.98 Å². The van der Waals surface area contributed by atoms with Crippen LogP contribution in [0.5, 0.6) is 0 Å². The Morgan fingerprint density at radius 1 is 0.489 bits per heavy atom. The number of aromatic nitrogens is 1. The zero-order valence-corrected chi connectivity index (χ0v) is 25.0. The quantitative estimate of drug-likeness (QED) is 0.198. The first-order valence-electron chi connectivity index (χ1n) is 15.0. The predicted octanol–water partition coefficient (Wildman–Crippen LogP) is 12.2. The number of rotatable bonds is 5. The largest absolute Gasteiger partial charge is 0.456 e. The Bertz CT molecular complexity index is 2500. The third-order valence-electron chi connectivity index (χ3n) is 8.45. The van der Waals surface area contributed by atoms with Crippen molar-refractivity contribution in [2.45, 2.75) is 0 Å². The highest BCUT2D eigenvalue weighted by molar-refractivity contribution is 7.22. The lowest BCUT2D eigenvalue weighted by Gasteiger charge is -2.26. The van der Waals surface area contributed by atoms with Crippen LogP contribution < -0.4 is 4.90 Å². The summed E-state index contributed by atoms with van der Waals surface area (Å²) in [6.45, 7) is 0. The van der Waals surface area contributed by atoms with Gasteiger partial charge in [0.1, 0.15) is 16.2 Å². The molecule has 9 rings (SSSR count). The van der Waals surface area contributed by atoms with Crippen LogP contribution in [0.1, 0.15) is 0 Å². The molecule has 0 saturated carbocycles. The number of fused-ring (bicyclic) bond motifs is 6. The van der Waals surface area contributed by atoms with E-state index in [1.165, 1.54) is 21.9 Å². The van der Waals surface area contributed by atoms with Crippen LogP contribution in [0.3, 0.4) is 0 Å². The first kappa shape index (κ1) is 25.8. The molecule has 212 valence electrons. The van der Waals surface area contributed by atoms with Gasteiger partial charge in [-0.1, -0.05) is 103 Å². The second-order valence-electron chi connectivity index (χ2n) is 11.2. The average molecular weight is 595 g/mol. The number of hydrogen-bond donors (Lipinski definition) is 0. The van der Waals surface area contributed by atoms with Gasteiger partial charge in [0.2, 0.25) is 0 Å². The molecule has 0 atom stereocenters. The van der Waals surface area contributed by atoms with Crippen LogP contribution in [-0.2, 0) is 0 Å². The highest BCUT2D eigenvalue weighted by atomic mass is 32.1. The monoisotopic (exact) mass is 594 g/mol. The molecule has 0 aliphatic heterocycles. The summed E-state index contributed by atoms with van der Waals surface area (Å²) in [5.74, 6) is 0. The molecular formula is C41H26N2OS. The lowest BCUT2D eigenvalue weighted by atomic mass is 10.0. The first-order valence-corrected chi connectivity index (χ1v) is 15.9. The molecule has 0 N–H and O–H groups in total. The van der Waals surface area contributed by atoms with Gasteiger partial charge in [-0.25, -0.2) is 4.98 Å². The highest BCUT2D eigenvalue weighted by Gasteiger charge is 2.19. The number of hydrogen-bond acceptors (Lipinski definition) is 4. The lowest BCUT2D eigenvalue weighted by molar-refractivity contribution is 0.669. The van der Waals surface area contributed by atoms with E-state index >= 15 is 0 Å². The van der Waals surface area contributed by atoms with Gasteiger partial charge in [-0.15, -0.1) is 11.3 Å². The Morgan fingerprint density at radius 3 is 2.00 bits per heavy atom. The second-order valence-corrected chi connectivity index (χ2v) is 12.2. The van der Waals surface area contributed by atoms with Crippen molar-refractivity contribution in [3.8, 4) is 21.7 Å². The second kappa shape index (κ2) is 10.5. The van der Waals surface area contributed by atoms with Crippen molar-refractivity contribution in [2.24, 2.45) is 0 Å². The van der Waals surface area contributed by atoms with Crippen molar-refractivity contribution in [1.29, 1.82) is 0 Å². The molecule has 9 aromatic rings. The minimum absolute atomic E-state index is 0.868. The normalized spacial score (nSPS) is 11.6. The van der Waals surface area contributed by atoms with Gasteiger partial charge in [0.25, 0.3) is 0 Å². The molecule has 2 aromatic heterocycles. The molecule has 0 aliphatic carbocycles. The minimum atomic E-state index is 0.868. The fraction of sp³-hybridized carbons (Fsp3) is 0. The molecule has 0 bridgehead atoms. The Morgan fingerprint density at radius 2 is 1.16 bits per heavy atom. The Balaban J connectivity index is 1.26. The summed E-state index contributed by atoms with van der Waals surface area (Å²) in [4.78, 5) is 7.35. The molecule has 0 saturated heterocycles.